The maximum absolute atomic E-state index is 11.1. The van der Waals surface area contributed by atoms with Crippen molar-refractivity contribution in [2.75, 3.05) is 0 Å². The van der Waals surface area contributed by atoms with Crippen LogP contribution in [0.15, 0.2) is 5.16 Å². The maximum Gasteiger partial charge on any atom is 0.361 e. The van der Waals surface area contributed by atoms with Gasteiger partial charge >= 0.3 is 5.97 Å². The number of ketones is 1. The van der Waals surface area contributed by atoms with E-state index in [1.54, 1.807) is 0 Å². The lowest BCUT2D eigenvalue weighted by molar-refractivity contribution is -0.132. The van der Waals surface area contributed by atoms with E-state index < -0.39 is 17.5 Å². The van der Waals surface area contributed by atoms with E-state index in [0.717, 1.165) is 44.4 Å². The van der Waals surface area contributed by atoms with Gasteiger partial charge in [-0.25, -0.2) is 4.79 Å². The Hall–Kier alpha value is -1.39. The Kier molecular flexibility index (Phi) is 3.17. The molecule has 0 amide bonds. The van der Waals surface area contributed by atoms with Crippen LogP contribution in [0.4, 0.5) is 0 Å². The van der Waals surface area contributed by atoms with E-state index in [0.29, 0.717) is 0 Å². The Bertz CT molecular complexity index is 337. The highest BCUT2D eigenvalue weighted by atomic mass is 16.7. The van der Waals surface area contributed by atoms with Crippen molar-refractivity contribution < 1.29 is 19.5 Å². The summed E-state index contributed by atoms with van der Waals surface area (Å²) in [7, 11) is 0. The standard InChI is InChI=1S/C12H17NO4/c1-8(14)10(11(15)16)13-17-12-5-2-9(3-6-12)4-7-12/h9H,2-7H2,1H3,(H,15,16)/b13-10+. The fourth-order valence-electron chi connectivity index (χ4n) is 2.74. The minimum absolute atomic E-state index is 0.315. The third-order valence-corrected chi connectivity index (χ3v) is 3.89. The highest BCUT2D eigenvalue weighted by Gasteiger charge is 2.43. The fraction of sp³-hybridized carbons (Fsp3) is 0.750. The van der Waals surface area contributed by atoms with Crippen molar-refractivity contribution >= 4 is 17.5 Å². The number of nitrogens with zero attached hydrogens (tertiary/aromatic N) is 1. The van der Waals surface area contributed by atoms with Gasteiger partial charge in [0.2, 0.25) is 5.71 Å². The van der Waals surface area contributed by atoms with Crippen LogP contribution in [0.2, 0.25) is 0 Å². The molecule has 3 aliphatic rings. The summed E-state index contributed by atoms with van der Waals surface area (Å²) in [6, 6.07) is 0. The number of carboxylic acid groups (broad SMARTS) is 1. The van der Waals surface area contributed by atoms with E-state index in [9.17, 15) is 9.59 Å². The van der Waals surface area contributed by atoms with Crippen LogP contribution in [-0.4, -0.2) is 28.2 Å². The van der Waals surface area contributed by atoms with Gasteiger partial charge in [-0.3, -0.25) is 4.79 Å². The van der Waals surface area contributed by atoms with Gasteiger partial charge in [0.1, 0.15) is 5.60 Å². The van der Waals surface area contributed by atoms with Crippen LogP contribution in [0.5, 0.6) is 0 Å². The molecule has 1 N–H and O–H groups in total. The third-order valence-electron chi connectivity index (χ3n) is 3.89. The highest BCUT2D eigenvalue weighted by molar-refractivity contribution is 6.63. The van der Waals surface area contributed by atoms with Crippen LogP contribution in [0, 0.1) is 5.92 Å². The van der Waals surface area contributed by atoms with Crippen LogP contribution in [0.1, 0.15) is 45.4 Å². The van der Waals surface area contributed by atoms with E-state index in [1.165, 1.54) is 6.92 Å². The molecule has 0 unspecified atom stereocenters. The topological polar surface area (TPSA) is 76.0 Å². The highest BCUT2D eigenvalue weighted by Crippen LogP contribution is 2.46. The smallest absolute Gasteiger partial charge is 0.361 e. The first-order valence-electron chi connectivity index (χ1n) is 6.03. The monoisotopic (exact) mass is 239 g/mol. The van der Waals surface area contributed by atoms with Crippen molar-refractivity contribution in [2.45, 2.75) is 51.0 Å². The molecule has 3 aliphatic carbocycles. The Balaban J connectivity index is 2.07. The number of carbonyl (C=O) groups is 2. The predicted molar refractivity (Wildman–Crippen MR) is 60.8 cm³/mol. The predicted octanol–water partition coefficient (Wildman–Crippen LogP) is 1.76. The Morgan fingerprint density at radius 1 is 1.24 bits per heavy atom. The molecule has 0 atom stereocenters. The van der Waals surface area contributed by atoms with Gasteiger partial charge in [-0.05, 0) is 44.4 Å². The molecule has 3 rings (SSSR count). The molecule has 0 heterocycles. The van der Waals surface area contributed by atoms with E-state index in [-0.39, 0.29) is 5.60 Å². The second-order valence-corrected chi connectivity index (χ2v) is 5.06. The molecule has 0 aliphatic heterocycles. The van der Waals surface area contributed by atoms with E-state index in [1.807, 2.05) is 0 Å². The number of aliphatic carboxylic acids is 1. The van der Waals surface area contributed by atoms with E-state index in [2.05, 4.69) is 5.16 Å². The summed E-state index contributed by atoms with van der Waals surface area (Å²) in [5.74, 6) is -1.09. The molecular formula is C12H17NO4. The molecular weight excluding hydrogens is 222 g/mol. The number of hydrogen-bond acceptors (Lipinski definition) is 4. The minimum atomic E-state index is -1.32. The van der Waals surface area contributed by atoms with Gasteiger partial charge in [0.25, 0.3) is 0 Å². The van der Waals surface area contributed by atoms with Crippen LogP contribution >= 0.6 is 0 Å². The number of carboxylic acids is 1. The lowest BCUT2D eigenvalue weighted by Gasteiger charge is -2.44. The van der Waals surface area contributed by atoms with E-state index in [4.69, 9.17) is 9.94 Å². The molecule has 17 heavy (non-hydrogen) atoms. The van der Waals surface area contributed by atoms with Gasteiger partial charge in [0.15, 0.2) is 5.78 Å². The number of oxime groups is 1. The van der Waals surface area contributed by atoms with Crippen molar-refractivity contribution in [3.63, 3.8) is 0 Å². The first-order chi connectivity index (χ1) is 8.02. The zero-order valence-corrected chi connectivity index (χ0v) is 9.94. The van der Waals surface area contributed by atoms with Crippen LogP contribution in [-0.2, 0) is 14.4 Å². The molecule has 0 aromatic heterocycles. The molecule has 94 valence electrons. The van der Waals surface area contributed by atoms with Gasteiger partial charge in [-0.2, -0.15) is 0 Å². The third kappa shape index (κ3) is 2.48. The summed E-state index contributed by atoms with van der Waals surface area (Å²) in [6.07, 6.45) is 6.14. The molecule has 0 aromatic carbocycles. The number of hydrogen-bond donors (Lipinski definition) is 1. The summed E-state index contributed by atoms with van der Waals surface area (Å²) < 4.78 is 0. The molecule has 3 fully saturated rings. The second kappa shape index (κ2) is 4.47. The molecule has 0 saturated heterocycles. The molecule has 0 spiro atoms. The lowest BCUT2D eigenvalue weighted by atomic mass is 9.68. The van der Waals surface area contributed by atoms with Crippen molar-refractivity contribution in [3.05, 3.63) is 0 Å². The van der Waals surface area contributed by atoms with Crippen LogP contribution in [0.3, 0.4) is 0 Å². The first kappa shape index (κ1) is 12.1. The first-order valence-corrected chi connectivity index (χ1v) is 6.03. The summed E-state index contributed by atoms with van der Waals surface area (Å²) in [6.45, 7) is 1.19. The SMILES string of the molecule is CC(=O)/C(=N\OC12CCC(CC1)CC2)C(=O)O. The molecule has 0 aromatic rings. The average Bonchev–Trinajstić information content (AvgIpc) is 2.30. The van der Waals surface area contributed by atoms with Gasteiger partial charge in [0.05, 0.1) is 0 Å². The number of Topliss-reactive ketones (excluding diaryl/α,β-unsaturated/α-hetero) is 1. The second-order valence-electron chi connectivity index (χ2n) is 5.06. The average molecular weight is 239 g/mol. The zero-order valence-electron chi connectivity index (χ0n) is 9.94. The summed E-state index contributed by atoms with van der Waals surface area (Å²) in [5.41, 5.74) is -0.822. The van der Waals surface area contributed by atoms with Crippen molar-refractivity contribution in [3.8, 4) is 0 Å². The Labute approximate surface area is 99.8 Å². The summed E-state index contributed by atoms with van der Waals surface area (Å²) >= 11 is 0. The van der Waals surface area contributed by atoms with Gasteiger partial charge < -0.3 is 9.94 Å². The number of fused-ring (bicyclic) bond motifs is 3. The summed E-state index contributed by atoms with van der Waals surface area (Å²) in [5, 5.41) is 12.4. The quantitative estimate of drug-likeness (QED) is 0.460. The summed E-state index contributed by atoms with van der Waals surface area (Å²) in [4.78, 5) is 27.3. The maximum atomic E-state index is 11.1. The molecule has 5 heteroatoms. The molecule has 5 nitrogen and oxygen atoms in total. The van der Waals surface area contributed by atoms with Crippen LogP contribution < -0.4 is 0 Å². The van der Waals surface area contributed by atoms with Crippen LogP contribution in [0.25, 0.3) is 0 Å². The Morgan fingerprint density at radius 2 is 1.76 bits per heavy atom. The van der Waals surface area contributed by atoms with Crippen molar-refractivity contribution in [1.82, 2.24) is 0 Å². The fourth-order valence-corrected chi connectivity index (χ4v) is 2.74. The van der Waals surface area contributed by atoms with Gasteiger partial charge in [0, 0.05) is 6.92 Å². The zero-order chi connectivity index (χ0) is 12.5. The molecule has 2 bridgehead atoms. The Morgan fingerprint density at radius 3 is 2.18 bits per heavy atom. The number of rotatable bonds is 4. The lowest BCUT2D eigenvalue weighted by Crippen LogP contribution is -2.41. The molecule has 3 saturated carbocycles. The van der Waals surface area contributed by atoms with E-state index >= 15 is 0 Å². The van der Waals surface area contributed by atoms with Gasteiger partial charge in [-0.15, -0.1) is 0 Å². The normalized spacial score (nSPS) is 32.3. The molecule has 0 radical (unpaired) electrons. The van der Waals surface area contributed by atoms with Gasteiger partial charge in [-0.1, -0.05) is 5.16 Å². The minimum Gasteiger partial charge on any atom is -0.476 e. The largest absolute Gasteiger partial charge is 0.476 e. The van der Waals surface area contributed by atoms with Crippen molar-refractivity contribution in [2.24, 2.45) is 11.1 Å². The van der Waals surface area contributed by atoms with Crippen molar-refractivity contribution in [1.29, 1.82) is 0 Å². The number of carbonyl (C=O) groups excluding carboxylic acids is 1.